The molecule has 4 saturated carbocycles. The Hall–Kier alpha value is -3.72. The molecule has 0 aromatic rings. The number of esters is 1. The molecule has 4 N–H and O–H groups in total. The predicted octanol–water partition coefficient (Wildman–Crippen LogP) is 12.0. The molecule has 16 heterocycles. The molecule has 25 nitrogen and oxygen atoms in total. The third-order valence-corrected chi connectivity index (χ3v) is 29.8. The fourth-order valence-corrected chi connectivity index (χ4v) is 23.1. The van der Waals surface area contributed by atoms with E-state index in [1.54, 1.807) is 0 Å². The summed E-state index contributed by atoms with van der Waals surface area (Å²) in [6, 6.07) is 3.88. The van der Waals surface area contributed by atoms with Crippen molar-refractivity contribution in [1.29, 1.82) is 10.5 Å². The molecule has 8 bridgehead atoms. The Morgan fingerprint density at radius 2 is 0.636 bits per heavy atom. The predicted molar refractivity (Wildman–Crippen MR) is 380 cm³/mol. The molecule has 0 amide bonds. The van der Waals surface area contributed by atoms with Gasteiger partial charge >= 0.3 is 5.97 Å². The van der Waals surface area contributed by atoms with Crippen molar-refractivity contribution >= 4 is 11.8 Å². The highest BCUT2D eigenvalue weighted by Crippen LogP contribution is 2.66. The highest BCUT2D eigenvalue weighted by Gasteiger charge is 2.74. The monoisotopic (exact) mass is 1500 g/mol. The maximum Gasteiger partial charge on any atom is 0.335 e. The number of hydrogen-bond donors (Lipinski definition) is 4. The number of carbonyl (C=O) groups is 2. The number of nitriles is 2. The molecule has 107 heavy (non-hydrogen) atoms. The number of ketones is 1. The summed E-state index contributed by atoms with van der Waals surface area (Å²) >= 11 is 0. The molecular formula is C82H122N2O23. The van der Waals surface area contributed by atoms with Crippen LogP contribution in [0.3, 0.4) is 0 Å². The first-order chi connectivity index (χ1) is 50.5. The zero-order valence-electron chi connectivity index (χ0n) is 65.6. The number of hydrogen-bond acceptors (Lipinski definition) is 25. The second kappa shape index (κ2) is 30.6. The normalized spacial score (nSPS) is 50.0. The van der Waals surface area contributed by atoms with Crippen LogP contribution in [0.4, 0.5) is 0 Å². The van der Waals surface area contributed by atoms with Gasteiger partial charge in [0.1, 0.15) is 0 Å². The van der Waals surface area contributed by atoms with Gasteiger partial charge in [-0.3, -0.25) is 4.79 Å². The number of carbonyl (C=O) groups excluding carboxylic acids is 2. The fourth-order valence-electron chi connectivity index (χ4n) is 23.1. The third kappa shape index (κ3) is 14.1. The summed E-state index contributed by atoms with van der Waals surface area (Å²) in [5.74, 6) is 0.839. The van der Waals surface area contributed by atoms with Gasteiger partial charge in [-0.05, 0) is 183 Å². The van der Waals surface area contributed by atoms with Gasteiger partial charge in [0.05, 0.1) is 84.8 Å². The molecule has 36 atom stereocenters. The van der Waals surface area contributed by atoms with Crippen LogP contribution in [0.1, 0.15) is 218 Å². The summed E-state index contributed by atoms with van der Waals surface area (Å²) < 4.78 is 55.5. The minimum atomic E-state index is -1.03. The van der Waals surface area contributed by atoms with Gasteiger partial charge in [0, 0.05) is 80.6 Å². The van der Waals surface area contributed by atoms with Crippen molar-refractivity contribution < 1.29 is 112 Å². The Morgan fingerprint density at radius 1 is 0.393 bits per heavy atom. The van der Waals surface area contributed by atoms with Crippen LogP contribution in [0.5, 0.6) is 0 Å². The molecule has 20 rings (SSSR count). The standard InChI is InChI=1S/C21H32O7.C21H32O6.2C20H29NO5/c1-11-6-7-15-12(2)17(10-16(22)13(3)18(23)24-5)25-19-21(15)14(11)8-9-20(4,26-19)27-28-21;1-11-6-7-16-13(3)18(10-17(23)12(2)14(4)22)24-19-21(16)15(11)8-9-20(5,25-19)26-27-21;2*1-11-5-6-15-13(3)17(9-16(22)12(2)10-21)23-18-20(15)14(11)7-8-19(4,24-18)25-26-20/h11-12,14-17,19,22H,3,6-10H2,1-2,4-5H3;11,13,15-19,23H,2,6-10H2,1,3-5H3;2*11,13-18,22H,2,5-9H2,1,3-4H3/t11-,12-,14+,15+,16-,17-,19-,20+,21-;11-,13-,15+,16+,17-,18-,19-,20+,21-;11-,13-,14+,15+,16+,17-,18-,19+,20-;11-,13-,14+,15+,16-,17-,18-,19+,20-/m1111/s1. The number of fused-ring (bicyclic) bond motifs is 8. The van der Waals surface area contributed by atoms with E-state index in [0.29, 0.717) is 66.6 Å². The first-order valence-corrected chi connectivity index (χ1v) is 40.2. The molecule has 598 valence electrons. The van der Waals surface area contributed by atoms with Gasteiger partial charge in [0.15, 0.2) is 53.3 Å². The average Bonchev–Trinajstić information content (AvgIpc) is 1.69. The zero-order chi connectivity index (χ0) is 77.2. The number of ether oxygens (including phenoxy) is 9. The van der Waals surface area contributed by atoms with E-state index in [1.165, 1.54) is 14.0 Å². The number of aliphatic hydroxyl groups is 4. The van der Waals surface area contributed by atoms with Crippen LogP contribution >= 0.6 is 0 Å². The summed E-state index contributed by atoms with van der Waals surface area (Å²) in [4.78, 5) is 70.9. The van der Waals surface area contributed by atoms with Crippen molar-refractivity contribution in [2.24, 2.45) is 94.7 Å². The Bertz CT molecular complexity index is 3310. The van der Waals surface area contributed by atoms with Gasteiger partial charge in [-0.2, -0.15) is 10.5 Å². The van der Waals surface area contributed by atoms with E-state index in [2.05, 4.69) is 86.4 Å². The SMILES string of the molecule is C=C(C#N)[C@@H](O)C[C@H]1O[C@@H]2O[C@]3(C)CC[C@H]4[C@H](C)CC[C@@H]([C@H]1C)[C@@]24OO3.C=C(C#N)[C@H](O)C[C@H]1O[C@@H]2O[C@]3(C)CC[C@H]4[C@H](C)CC[C@@H]([C@H]1C)[C@@]24OO3.C=C(C(=O)OC)[C@H](O)C[C@H]1O[C@@H]2O[C@]3(C)CC[C@H]4[C@H](C)CC[C@@H]([C@H]1C)[C@@]24OO3.C=C(C(C)=O)[C@H](O)C[C@H]1O[C@@H]2O[C@]3(C)CC[C@H]4[C@H](C)CC[C@@H]([C@H]1C)[C@@]24OO3. The molecule has 0 radical (unpaired) electrons. The van der Waals surface area contributed by atoms with Crippen LogP contribution in [-0.2, 0) is 91.3 Å². The van der Waals surface area contributed by atoms with E-state index in [9.17, 15) is 30.0 Å². The van der Waals surface area contributed by atoms with Crippen molar-refractivity contribution in [3.05, 3.63) is 48.6 Å². The molecule has 0 aromatic carbocycles. The molecule has 20 fully saturated rings. The number of nitrogens with zero attached hydrogens (tertiary/aromatic N) is 2. The van der Waals surface area contributed by atoms with Crippen LogP contribution in [0.2, 0.25) is 0 Å². The molecule has 4 aliphatic carbocycles. The lowest BCUT2D eigenvalue weighted by Gasteiger charge is -2.60. The molecule has 0 unspecified atom stereocenters. The fraction of sp³-hybridized carbons (Fsp3) is 0.854. The summed E-state index contributed by atoms with van der Waals surface area (Å²) in [5.41, 5.74) is -1.75. The van der Waals surface area contributed by atoms with Crippen molar-refractivity contribution in [3.63, 3.8) is 0 Å². The van der Waals surface area contributed by atoms with E-state index in [1.807, 2.05) is 39.8 Å². The lowest BCUT2D eigenvalue weighted by Crippen LogP contribution is -2.70. The summed E-state index contributed by atoms with van der Waals surface area (Å²) in [6.07, 6.45) is 10.2. The van der Waals surface area contributed by atoms with Crippen LogP contribution in [0.15, 0.2) is 48.6 Å². The van der Waals surface area contributed by atoms with Gasteiger partial charge in [-0.1, -0.05) is 81.7 Å². The average molecular weight is 1500 g/mol. The molecule has 16 aliphatic heterocycles. The highest BCUT2D eigenvalue weighted by atomic mass is 17.3. The summed E-state index contributed by atoms with van der Waals surface area (Å²) in [6.45, 7) is 41.4. The second-order valence-electron chi connectivity index (χ2n) is 36.2. The molecule has 16 saturated heterocycles. The van der Waals surface area contributed by atoms with Gasteiger partial charge < -0.3 is 63.1 Å². The van der Waals surface area contributed by atoms with Crippen LogP contribution < -0.4 is 0 Å². The number of aliphatic hydroxyl groups excluding tert-OH is 4. The van der Waals surface area contributed by atoms with Crippen LogP contribution in [0.25, 0.3) is 0 Å². The molecule has 25 heteroatoms. The summed E-state index contributed by atoms with van der Waals surface area (Å²) in [5, 5.41) is 59.6. The second-order valence-corrected chi connectivity index (χ2v) is 36.2. The van der Waals surface area contributed by atoms with Crippen molar-refractivity contribution in [2.45, 2.75) is 338 Å². The zero-order valence-corrected chi connectivity index (χ0v) is 65.6. The number of methoxy groups -OCH3 is 1. The van der Waals surface area contributed by atoms with Gasteiger partial charge in [-0.15, -0.1) is 0 Å². The van der Waals surface area contributed by atoms with Crippen LogP contribution in [-0.4, -0.2) is 159 Å². The van der Waals surface area contributed by atoms with Crippen molar-refractivity contribution in [1.82, 2.24) is 0 Å². The highest BCUT2D eigenvalue weighted by molar-refractivity contribution is 5.93. The van der Waals surface area contributed by atoms with E-state index >= 15 is 0 Å². The summed E-state index contributed by atoms with van der Waals surface area (Å²) in [7, 11) is 1.28. The number of Topliss-reactive ketones (excluding diaryl/α,β-unsaturated/α-hetero) is 1. The minimum absolute atomic E-state index is 0.0450. The Labute approximate surface area is 631 Å². The lowest BCUT2D eigenvalue weighted by atomic mass is 9.57. The maximum absolute atomic E-state index is 11.7. The van der Waals surface area contributed by atoms with E-state index in [-0.39, 0.29) is 106 Å². The van der Waals surface area contributed by atoms with Crippen LogP contribution in [0, 0.1) is 117 Å². The van der Waals surface area contributed by atoms with E-state index in [4.69, 9.17) is 87.5 Å². The Kier molecular flexibility index (Phi) is 23.2. The smallest absolute Gasteiger partial charge is 0.335 e. The maximum atomic E-state index is 11.7. The molecule has 4 spiro atoms. The molecule has 20 aliphatic rings. The molecular weight excluding hydrogens is 1380 g/mol. The van der Waals surface area contributed by atoms with E-state index < -0.39 is 101 Å². The quantitative estimate of drug-likeness (QED) is 0.0543. The Morgan fingerprint density at radius 3 is 0.869 bits per heavy atom. The Balaban J connectivity index is 0.000000126. The van der Waals surface area contributed by atoms with E-state index in [0.717, 1.165) is 103 Å². The minimum Gasteiger partial charge on any atom is -0.466 e. The topological polar surface area (TPSA) is 320 Å². The largest absolute Gasteiger partial charge is 0.466 e. The van der Waals surface area contributed by atoms with Gasteiger partial charge in [0.25, 0.3) is 0 Å². The number of rotatable bonds is 14. The van der Waals surface area contributed by atoms with Crippen molar-refractivity contribution in [2.75, 3.05) is 7.11 Å². The van der Waals surface area contributed by atoms with Gasteiger partial charge in [0.2, 0.25) is 23.1 Å². The van der Waals surface area contributed by atoms with Crippen molar-refractivity contribution in [3.8, 4) is 12.1 Å². The third-order valence-electron chi connectivity index (χ3n) is 29.8. The first kappa shape index (κ1) is 81.3. The lowest BCUT2D eigenvalue weighted by molar-refractivity contribution is -0.571. The molecule has 0 aromatic heterocycles. The first-order valence-electron chi connectivity index (χ1n) is 40.2. The van der Waals surface area contributed by atoms with Gasteiger partial charge in [-0.25, -0.2) is 43.9 Å².